The molecule has 1 heterocycles. The number of carbonyl (C=O) groups is 1. The van der Waals surface area contributed by atoms with Crippen LogP contribution >= 0.6 is 0 Å². The van der Waals surface area contributed by atoms with Crippen LogP contribution in [0.3, 0.4) is 0 Å². The van der Waals surface area contributed by atoms with Crippen molar-refractivity contribution >= 4 is 15.9 Å². The fourth-order valence-electron chi connectivity index (χ4n) is 3.30. The van der Waals surface area contributed by atoms with Gasteiger partial charge in [0.15, 0.2) is 0 Å². The van der Waals surface area contributed by atoms with Gasteiger partial charge in [-0.1, -0.05) is 12.5 Å². The highest BCUT2D eigenvalue weighted by molar-refractivity contribution is 7.89. The van der Waals surface area contributed by atoms with Gasteiger partial charge in [0.25, 0.3) is 5.91 Å². The van der Waals surface area contributed by atoms with Crippen molar-refractivity contribution in [2.75, 3.05) is 13.1 Å². The van der Waals surface area contributed by atoms with Gasteiger partial charge in [-0.2, -0.15) is 0 Å². The van der Waals surface area contributed by atoms with Gasteiger partial charge in [0.1, 0.15) is 0 Å². The second kappa shape index (κ2) is 5.98. The highest BCUT2D eigenvalue weighted by atomic mass is 32.2. The van der Waals surface area contributed by atoms with Gasteiger partial charge in [0, 0.05) is 18.2 Å². The van der Waals surface area contributed by atoms with Crippen LogP contribution in [-0.2, 0) is 16.4 Å². The van der Waals surface area contributed by atoms with Crippen molar-refractivity contribution in [3.05, 3.63) is 29.3 Å². The molecule has 22 heavy (non-hydrogen) atoms. The first-order valence-electron chi connectivity index (χ1n) is 7.65. The lowest BCUT2D eigenvalue weighted by Gasteiger charge is -2.21. The van der Waals surface area contributed by atoms with E-state index in [9.17, 15) is 13.2 Å². The fraction of sp³-hybridized carbons (Fsp3) is 0.533. The maximum absolute atomic E-state index is 12.6. The summed E-state index contributed by atoms with van der Waals surface area (Å²) in [6.45, 7) is 1.08. The molecule has 2 atom stereocenters. The van der Waals surface area contributed by atoms with Crippen LogP contribution in [0.5, 0.6) is 0 Å². The zero-order chi connectivity index (χ0) is 15.7. The summed E-state index contributed by atoms with van der Waals surface area (Å²) in [6, 6.07) is 4.67. The van der Waals surface area contributed by atoms with Gasteiger partial charge in [-0.05, 0) is 49.4 Å². The molecule has 0 saturated heterocycles. The SMILES string of the molecule is NCC1CCCC1NS(=O)(=O)c1ccc2c(c1)C(=O)NCC2. The number of nitrogens with two attached hydrogens (primary N) is 1. The summed E-state index contributed by atoms with van der Waals surface area (Å²) in [4.78, 5) is 12.0. The molecule has 2 aliphatic rings. The summed E-state index contributed by atoms with van der Waals surface area (Å²) in [5, 5.41) is 2.74. The van der Waals surface area contributed by atoms with Gasteiger partial charge < -0.3 is 11.1 Å². The van der Waals surface area contributed by atoms with Crippen molar-refractivity contribution in [3.8, 4) is 0 Å². The third-order valence-electron chi connectivity index (χ3n) is 4.58. The van der Waals surface area contributed by atoms with E-state index < -0.39 is 10.0 Å². The van der Waals surface area contributed by atoms with Crippen LogP contribution in [0.15, 0.2) is 23.1 Å². The number of benzene rings is 1. The Labute approximate surface area is 130 Å². The molecule has 1 aliphatic heterocycles. The average Bonchev–Trinajstić information content (AvgIpc) is 2.94. The van der Waals surface area contributed by atoms with Gasteiger partial charge in [-0.3, -0.25) is 4.79 Å². The fourth-order valence-corrected chi connectivity index (χ4v) is 4.66. The molecule has 4 N–H and O–H groups in total. The summed E-state index contributed by atoms with van der Waals surface area (Å²) in [6.07, 6.45) is 3.48. The topological polar surface area (TPSA) is 101 Å². The summed E-state index contributed by atoms with van der Waals surface area (Å²) >= 11 is 0. The minimum Gasteiger partial charge on any atom is -0.352 e. The Bertz CT molecular complexity index is 687. The number of fused-ring (bicyclic) bond motifs is 1. The number of nitrogens with one attached hydrogen (secondary N) is 2. The largest absolute Gasteiger partial charge is 0.352 e. The second-order valence-corrected chi connectivity index (χ2v) is 7.69. The van der Waals surface area contributed by atoms with Crippen molar-refractivity contribution in [1.29, 1.82) is 0 Å². The molecule has 7 heteroatoms. The molecule has 0 radical (unpaired) electrons. The van der Waals surface area contributed by atoms with E-state index in [2.05, 4.69) is 10.0 Å². The van der Waals surface area contributed by atoms with E-state index in [0.717, 1.165) is 31.2 Å². The third-order valence-corrected chi connectivity index (χ3v) is 6.07. The first kappa shape index (κ1) is 15.5. The van der Waals surface area contributed by atoms with Gasteiger partial charge in [0.05, 0.1) is 4.90 Å². The molecular weight excluding hydrogens is 302 g/mol. The molecule has 1 aromatic carbocycles. The standard InChI is InChI=1S/C15H21N3O3S/c16-9-11-2-1-3-14(11)18-22(20,21)12-5-4-10-6-7-17-15(19)13(10)8-12/h4-5,8,11,14,18H,1-3,6-7,9,16H2,(H,17,19). The van der Waals surface area contributed by atoms with E-state index in [-0.39, 0.29) is 22.8 Å². The van der Waals surface area contributed by atoms with E-state index in [0.29, 0.717) is 18.7 Å². The number of hydrogen-bond donors (Lipinski definition) is 3. The molecule has 1 amide bonds. The molecule has 1 aliphatic carbocycles. The zero-order valence-corrected chi connectivity index (χ0v) is 13.2. The number of hydrogen-bond acceptors (Lipinski definition) is 4. The van der Waals surface area contributed by atoms with Crippen LogP contribution in [0.2, 0.25) is 0 Å². The smallest absolute Gasteiger partial charge is 0.251 e. The minimum absolute atomic E-state index is 0.111. The van der Waals surface area contributed by atoms with E-state index in [4.69, 9.17) is 5.73 Å². The Morgan fingerprint density at radius 1 is 1.32 bits per heavy atom. The van der Waals surface area contributed by atoms with Crippen molar-refractivity contribution in [2.45, 2.75) is 36.6 Å². The van der Waals surface area contributed by atoms with Crippen molar-refractivity contribution < 1.29 is 13.2 Å². The van der Waals surface area contributed by atoms with E-state index >= 15 is 0 Å². The van der Waals surface area contributed by atoms with Gasteiger partial charge in [0.2, 0.25) is 10.0 Å². The van der Waals surface area contributed by atoms with Gasteiger partial charge in [-0.25, -0.2) is 13.1 Å². The van der Waals surface area contributed by atoms with Crippen LogP contribution in [0.4, 0.5) is 0 Å². The van der Waals surface area contributed by atoms with E-state index in [1.807, 2.05) is 0 Å². The Balaban J connectivity index is 1.86. The predicted octanol–water partition coefficient (Wildman–Crippen LogP) is 0.378. The molecule has 120 valence electrons. The molecule has 1 aromatic rings. The summed E-state index contributed by atoms with van der Waals surface area (Å²) in [5.41, 5.74) is 7.05. The van der Waals surface area contributed by atoms with Gasteiger partial charge in [-0.15, -0.1) is 0 Å². The highest BCUT2D eigenvalue weighted by Gasteiger charge is 2.31. The predicted molar refractivity (Wildman–Crippen MR) is 83.0 cm³/mol. The average molecular weight is 323 g/mol. The Morgan fingerprint density at radius 2 is 2.14 bits per heavy atom. The lowest BCUT2D eigenvalue weighted by atomic mass is 10.0. The third kappa shape index (κ3) is 2.88. The van der Waals surface area contributed by atoms with Crippen molar-refractivity contribution in [1.82, 2.24) is 10.0 Å². The number of carbonyl (C=O) groups excluding carboxylic acids is 1. The quantitative estimate of drug-likeness (QED) is 0.745. The van der Waals surface area contributed by atoms with Crippen molar-refractivity contribution in [3.63, 3.8) is 0 Å². The minimum atomic E-state index is -3.63. The second-order valence-electron chi connectivity index (χ2n) is 5.98. The Kier molecular flexibility index (Phi) is 4.20. The maximum atomic E-state index is 12.6. The normalized spacial score (nSPS) is 24.9. The molecule has 1 fully saturated rings. The summed E-state index contributed by atoms with van der Waals surface area (Å²) in [5.74, 6) is -0.0188. The monoisotopic (exact) mass is 323 g/mol. The molecule has 2 unspecified atom stereocenters. The molecule has 1 saturated carbocycles. The highest BCUT2D eigenvalue weighted by Crippen LogP contribution is 2.27. The van der Waals surface area contributed by atoms with Crippen LogP contribution in [0, 0.1) is 5.92 Å². The number of rotatable bonds is 4. The molecule has 3 rings (SSSR count). The van der Waals surface area contributed by atoms with Crippen LogP contribution in [0.1, 0.15) is 35.2 Å². The molecule has 0 spiro atoms. The van der Waals surface area contributed by atoms with Crippen LogP contribution in [0.25, 0.3) is 0 Å². The number of sulfonamides is 1. The first-order valence-corrected chi connectivity index (χ1v) is 9.13. The molecule has 0 aromatic heterocycles. The first-order chi connectivity index (χ1) is 10.5. The molecular formula is C15H21N3O3S. The zero-order valence-electron chi connectivity index (χ0n) is 12.3. The lowest BCUT2D eigenvalue weighted by molar-refractivity contribution is 0.0945. The van der Waals surface area contributed by atoms with Crippen molar-refractivity contribution in [2.24, 2.45) is 11.7 Å². The summed E-state index contributed by atoms with van der Waals surface area (Å²) in [7, 11) is -3.63. The van der Waals surface area contributed by atoms with Crippen LogP contribution in [-0.4, -0.2) is 33.5 Å². The Morgan fingerprint density at radius 3 is 2.91 bits per heavy atom. The van der Waals surface area contributed by atoms with E-state index in [1.54, 1.807) is 12.1 Å². The Hall–Kier alpha value is -1.44. The summed E-state index contributed by atoms with van der Waals surface area (Å²) < 4.78 is 27.9. The lowest BCUT2D eigenvalue weighted by Crippen LogP contribution is -2.40. The van der Waals surface area contributed by atoms with E-state index in [1.165, 1.54) is 6.07 Å². The number of amides is 1. The molecule has 6 nitrogen and oxygen atoms in total. The van der Waals surface area contributed by atoms with Crippen LogP contribution < -0.4 is 15.8 Å². The van der Waals surface area contributed by atoms with Gasteiger partial charge >= 0.3 is 0 Å². The maximum Gasteiger partial charge on any atom is 0.251 e. The molecule has 0 bridgehead atoms.